The maximum Gasteiger partial charge on any atom is 0.247 e. The summed E-state index contributed by atoms with van der Waals surface area (Å²) in [5.74, 6) is 4.58. The normalized spacial score (nSPS) is 25.2. The third kappa shape index (κ3) is 5.41. The Kier molecular flexibility index (Phi) is 7.31. The molecule has 3 unspecified atom stereocenters. The van der Waals surface area contributed by atoms with E-state index in [2.05, 4.69) is 53.9 Å². The van der Waals surface area contributed by atoms with Crippen LogP contribution in [-0.2, 0) is 6.42 Å². The first-order valence-electron chi connectivity index (χ1n) is 12.0. The van der Waals surface area contributed by atoms with Gasteiger partial charge in [0, 0.05) is 44.7 Å². The average molecular weight is 439 g/mol. The second kappa shape index (κ2) is 10.2. The highest BCUT2D eigenvalue weighted by molar-refractivity contribution is 5.53. The van der Waals surface area contributed by atoms with Gasteiger partial charge in [-0.05, 0) is 68.3 Å². The standard InChI is InChI=1S/C26H38N4O2/c1-18(2)24-15-21(19(3)14-22(24)17-30-12-10-29(4)11-13-30)16-25-27-28-26(32-25)20-6-8-23(31-5)9-7-20/h6-9,14,18,21-22,24H,10-13,15-17H2,1-5H3. The molecule has 0 spiro atoms. The topological polar surface area (TPSA) is 54.6 Å². The molecule has 174 valence electrons. The number of ether oxygens (including phenoxy) is 1. The van der Waals surface area contributed by atoms with E-state index >= 15 is 0 Å². The molecule has 2 heterocycles. The van der Waals surface area contributed by atoms with Crippen LogP contribution in [-0.4, -0.2) is 66.9 Å². The van der Waals surface area contributed by atoms with E-state index in [4.69, 9.17) is 9.15 Å². The van der Waals surface area contributed by atoms with Crippen molar-refractivity contribution in [1.29, 1.82) is 0 Å². The summed E-state index contributed by atoms with van der Waals surface area (Å²) in [7, 11) is 3.89. The van der Waals surface area contributed by atoms with Gasteiger partial charge >= 0.3 is 0 Å². The monoisotopic (exact) mass is 438 g/mol. The molecule has 1 aliphatic carbocycles. The number of aromatic nitrogens is 2. The van der Waals surface area contributed by atoms with Crippen molar-refractivity contribution in [2.75, 3.05) is 46.9 Å². The van der Waals surface area contributed by atoms with Gasteiger partial charge in [0.2, 0.25) is 11.8 Å². The van der Waals surface area contributed by atoms with Gasteiger partial charge in [-0.1, -0.05) is 25.5 Å². The summed E-state index contributed by atoms with van der Waals surface area (Å²) >= 11 is 0. The molecule has 32 heavy (non-hydrogen) atoms. The summed E-state index contributed by atoms with van der Waals surface area (Å²) in [6.45, 7) is 13.0. The fourth-order valence-electron chi connectivity index (χ4n) is 5.21. The zero-order valence-electron chi connectivity index (χ0n) is 20.3. The smallest absolute Gasteiger partial charge is 0.247 e. The van der Waals surface area contributed by atoms with Crippen LogP contribution in [0, 0.1) is 23.7 Å². The Hall–Kier alpha value is -2.18. The number of allylic oxidation sites excluding steroid dienone is 1. The van der Waals surface area contributed by atoms with Crippen LogP contribution < -0.4 is 4.74 Å². The molecule has 1 aromatic heterocycles. The molecular weight excluding hydrogens is 400 g/mol. The fourth-order valence-corrected chi connectivity index (χ4v) is 5.21. The lowest BCUT2D eigenvalue weighted by molar-refractivity contribution is 0.112. The van der Waals surface area contributed by atoms with Crippen molar-refractivity contribution in [1.82, 2.24) is 20.0 Å². The van der Waals surface area contributed by atoms with Gasteiger partial charge in [0.15, 0.2) is 0 Å². The first-order chi connectivity index (χ1) is 15.4. The molecule has 0 radical (unpaired) electrons. The molecule has 6 nitrogen and oxygen atoms in total. The number of benzene rings is 1. The van der Waals surface area contributed by atoms with Gasteiger partial charge in [-0.25, -0.2) is 0 Å². The van der Waals surface area contributed by atoms with Crippen molar-refractivity contribution in [3.05, 3.63) is 41.8 Å². The SMILES string of the molecule is COc1ccc(-c2nnc(CC3CC(C(C)C)C(CN4CCN(C)CC4)C=C3C)o2)cc1. The zero-order chi connectivity index (χ0) is 22.7. The van der Waals surface area contributed by atoms with Crippen LogP contribution in [0.5, 0.6) is 5.75 Å². The summed E-state index contributed by atoms with van der Waals surface area (Å²) < 4.78 is 11.3. The highest BCUT2D eigenvalue weighted by atomic mass is 16.5. The van der Waals surface area contributed by atoms with E-state index < -0.39 is 0 Å². The number of hydrogen-bond acceptors (Lipinski definition) is 6. The second-order valence-corrected chi connectivity index (χ2v) is 9.95. The van der Waals surface area contributed by atoms with Crippen LogP contribution in [0.3, 0.4) is 0 Å². The Balaban J connectivity index is 1.43. The molecule has 1 saturated heterocycles. The van der Waals surface area contributed by atoms with Crippen molar-refractivity contribution in [3.8, 4) is 17.2 Å². The third-order valence-electron chi connectivity index (χ3n) is 7.37. The minimum Gasteiger partial charge on any atom is -0.497 e. The van der Waals surface area contributed by atoms with E-state index in [1.54, 1.807) is 7.11 Å². The van der Waals surface area contributed by atoms with Gasteiger partial charge in [0.05, 0.1) is 7.11 Å². The third-order valence-corrected chi connectivity index (χ3v) is 7.37. The molecule has 3 atom stereocenters. The summed E-state index contributed by atoms with van der Waals surface area (Å²) in [6, 6.07) is 7.75. The Labute approximate surface area is 192 Å². The Bertz CT molecular complexity index is 897. The van der Waals surface area contributed by atoms with Gasteiger partial charge in [-0.3, -0.25) is 0 Å². The summed E-state index contributed by atoms with van der Waals surface area (Å²) in [5.41, 5.74) is 2.40. The molecule has 6 heteroatoms. The molecule has 0 N–H and O–H groups in total. The minimum atomic E-state index is 0.468. The van der Waals surface area contributed by atoms with Gasteiger partial charge in [0.1, 0.15) is 5.75 Å². The average Bonchev–Trinajstić information content (AvgIpc) is 3.25. The minimum absolute atomic E-state index is 0.468. The first-order valence-corrected chi connectivity index (χ1v) is 12.0. The molecule has 2 aliphatic rings. The van der Waals surface area contributed by atoms with Gasteiger partial charge < -0.3 is 19.0 Å². The van der Waals surface area contributed by atoms with Crippen LogP contribution in [0.25, 0.3) is 11.5 Å². The van der Waals surface area contributed by atoms with Crippen molar-refractivity contribution in [2.24, 2.45) is 23.7 Å². The van der Waals surface area contributed by atoms with Crippen LogP contribution in [0.2, 0.25) is 0 Å². The predicted molar refractivity (Wildman–Crippen MR) is 128 cm³/mol. The molecule has 2 aromatic rings. The van der Waals surface area contributed by atoms with Gasteiger partial charge in [0.25, 0.3) is 0 Å². The molecule has 4 rings (SSSR count). The number of methoxy groups -OCH3 is 1. The van der Waals surface area contributed by atoms with Crippen LogP contribution >= 0.6 is 0 Å². The van der Waals surface area contributed by atoms with Crippen molar-refractivity contribution in [3.63, 3.8) is 0 Å². The molecule has 1 aromatic carbocycles. The van der Waals surface area contributed by atoms with Crippen LogP contribution in [0.15, 0.2) is 40.3 Å². The Morgan fingerprint density at radius 1 is 1.09 bits per heavy atom. The molecule has 1 fully saturated rings. The number of hydrogen-bond donors (Lipinski definition) is 0. The fraction of sp³-hybridized carbons (Fsp3) is 0.615. The van der Waals surface area contributed by atoms with E-state index in [0.29, 0.717) is 29.6 Å². The van der Waals surface area contributed by atoms with E-state index in [-0.39, 0.29) is 0 Å². The van der Waals surface area contributed by atoms with E-state index in [9.17, 15) is 0 Å². The molecular formula is C26H38N4O2. The number of rotatable bonds is 7. The van der Waals surface area contributed by atoms with Crippen LogP contribution in [0.1, 0.15) is 33.1 Å². The quantitative estimate of drug-likeness (QED) is 0.598. The highest BCUT2D eigenvalue weighted by Crippen LogP contribution is 2.39. The highest BCUT2D eigenvalue weighted by Gasteiger charge is 2.33. The van der Waals surface area contributed by atoms with Gasteiger partial charge in [-0.15, -0.1) is 10.2 Å². The zero-order valence-corrected chi connectivity index (χ0v) is 20.3. The van der Waals surface area contributed by atoms with Crippen molar-refractivity contribution < 1.29 is 9.15 Å². The molecule has 1 aliphatic heterocycles. The summed E-state index contributed by atoms with van der Waals surface area (Å²) in [4.78, 5) is 5.09. The molecule has 0 amide bonds. The van der Waals surface area contributed by atoms with E-state index in [1.807, 2.05) is 24.3 Å². The summed E-state index contributed by atoms with van der Waals surface area (Å²) in [6.07, 6.45) is 4.56. The van der Waals surface area contributed by atoms with Crippen molar-refractivity contribution >= 4 is 0 Å². The number of nitrogens with zero attached hydrogens (tertiary/aromatic N) is 4. The first kappa shape index (κ1) is 23.0. The Morgan fingerprint density at radius 3 is 2.47 bits per heavy atom. The van der Waals surface area contributed by atoms with Gasteiger partial charge in [-0.2, -0.15) is 0 Å². The lowest BCUT2D eigenvalue weighted by atomic mass is 9.69. The Morgan fingerprint density at radius 2 is 1.81 bits per heavy atom. The second-order valence-electron chi connectivity index (χ2n) is 9.95. The molecule has 0 saturated carbocycles. The largest absolute Gasteiger partial charge is 0.497 e. The lowest BCUT2D eigenvalue weighted by Crippen LogP contribution is -2.47. The lowest BCUT2D eigenvalue weighted by Gasteiger charge is -2.41. The molecule has 0 bridgehead atoms. The van der Waals surface area contributed by atoms with Crippen molar-refractivity contribution in [2.45, 2.75) is 33.6 Å². The maximum atomic E-state index is 6.05. The number of likely N-dealkylation sites (N-methyl/N-ethyl adjacent to an activating group) is 1. The maximum absolute atomic E-state index is 6.05. The van der Waals surface area contributed by atoms with E-state index in [1.165, 1.54) is 44.7 Å². The van der Waals surface area contributed by atoms with Crippen LogP contribution in [0.4, 0.5) is 0 Å². The number of piperazine rings is 1. The van der Waals surface area contributed by atoms with E-state index in [0.717, 1.165) is 23.6 Å². The predicted octanol–water partition coefficient (Wildman–Crippen LogP) is 4.39. The summed E-state index contributed by atoms with van der Waals surface area (Å²) in [5, 5.41) is 8.66.